The molecular formula is C20H26ClN3OS. The summed E-state index contributed by atoms with van der Waals surface area (Å²) in [6.07, 6.45) is 3.02. The van der Waals surface area contributed by atoms with Crippen molar-refractivity contribution in [2.45, 2.75) is 51.7 Å². The summed E-state index contributed by atoms with van der Waals surface area (Å²) in [6, 6.07) is 7.62. The van der Waals surface area contributed by atoms with Crippen molar-refractivity contribution in [3.8, 4) is 0 Å². The number of aryl methyl sites for hydroxylation is 2. The van der Waals surface area contributed by atoms with Crippen LogP contribution in [0.1, 0.15) is 48.8 Å². The molecule has 2 rings (SSSR count). The van der Waals surface area contributed by atoms with Gasteiger partial charge >= 0.3 is 0 Å². The first kappa shape index (κ1) is 20.7. The first-order valence-electron chi connectivity index (χ1n) is 8.74. The van der Waals surface area contributed by atoms with Crippen molar-refractivity contribution < 1.29 is 4.79 Å². The van der Waals surface area contributed by atoms with Crippen LogP contribution in [0.3, 0.4) is 0 Å². The third-order valence-corrected chi connectivity index (χ3v) is 5.20. The van der Waals surface area contributed by atoms with Gasteiger partial charge in [-0.3, -0.25) is 4.79 Å². The minimum absolute atomic E-state index is 0.0305. The van der Waals surface area contributed by atoms with Crippen molar-refractivity contribution in [3.05, 3.63) is 51.8 Å². The minimum atomic E-state index is -0.0305. The van der Waals surface area contributed by atoms with Gasteiger partial charge in [-0.25, -0.2) is 9.97 Å². The monoisotopic (exact) mass is 391 g/mol. The maximum atomic E-state index is 12.5. The second kappa shape index (κ2) is 9.38. The lowest BCUT2D eigenvalue weighted by Crippen LogP contribution is -2.32. The van der Waals surface area contributed by atoms with Crippen molar-refractivity contribution in [1.29, 1.82) is 0 Å². The molecule has 1 atom stereocenters. The van der Waals surface area contributed by atoms with E-state index in [4.69, 9.17) is 11.6 Å². The molecule has 140 valence electrons. The second-order valence-electron chi connectivity index (χ2n) is 6.70. The molecule has 1 aromatic carbocycles. The van der Waals surface area contributed by atoms with Gasteiger partial charge in [-0.15, -0.1) is 0 Å². The van der Waals surface area contributed by atoms with Gasteiger partial charge in [0.2, 0.25) is 5.91 Å². The predicted octanol–water partition coefficient (Wildman–Crippen LogP) is 4.91. The number of nitrogens with zero attached hydrogens (tertiary/aromatic N) is 2. The number of aromatic nitrogens is 2. The first-order valence-corrected chi connectivity index (χ1v) is 10.3. The van der Waals surface area contributed by atoms with Crippen LogP contribution >= 0.6 is 23.4 Å². The molecule has 1 amide bonds. The highest BCUT2D eigenvalue weighted by atomic mass is 35.5. The molecule has 0 saturated heterocycles. The lowest BCUT2D eigenvalue weighted by atomic mass is 9.95. The van der Waals surface area contributed by atoms with Gasteiger partial charge < -0.3 is 5.32 Å². The third-order valence-electron chi connectivity index (χ3n) is 4.40. The topological polar surface area (TPSA) is 54.9 Å². The minimum Gasteiger partial charge on any atom is -0.349 e. The van der Waals surface area contributed by atoms with E-state index in [1.807, 2.05) is 44.4 Å². The molecule has 2 aromatic rings. The van der Waals surface area contributed by atoms with Crippen LogP contribution in [-0.2, 0) is 11.2 Å². The van der Waals surface area contributed by atoms with E-state index in [0.717, 1.165) is 27.7 Å². The van der Waals surface area contributed by atoms with Crippen LogP contribution in [-0.4, -0.2) is 22.1 Å². The molecule has 0 saturated carbocycles. The van der Waals surface area contributed by atoms with E-state index < -0.39 is 0 Å². The Balaban J connectivity index is 2.04. The number of carbonyl (C=O) groups excluding carboxylic acids is 1. The lowest BCUT2D eigenvalue weighted by molar-refractivity contribution is -0.122. The average Bonchev–Trinajstić information content (AvgIpc) is 2.59. The summed E-state index contributed by atoms with van der Waals surface area (Å²) < 4.78 is 0. The molecule has 0 aliphatic rings. The molecule has 0 radical (unpaired) electrons. The number of hydrogen-bond acceptors (Lipinski definition) is 4. The Morgan fingerprint density at radius 3 is 2.23 bits per heavy atom. The van der Waals surface area contributed by atoms with Crippen molar-refractivity contribution in [2.75, 3.05) is 6.26 Å². The number of thioether (sulfide) groups is 1. The Bertz CT molecular complexity index is 739. The fourth-order valence-corrected chi connectivity index (χ4v) is 3.53. The average molecular weight is 392 g/mol. The van der Waals surface area contributed by atoms with Crippen molar-refractivity contribution >= 4 is 29.3 Å². The Hall–Kier alpha value is -1.59. The fraction of sp³-hybridized carbons (Fsp3) is 0.450. The number of halogens is 1. The molecule has 1 heterocycles. The van der Waals surface area contributed by atoms with E-state index in [1.54, 1.807) is 0 Å². The summed E-state index contributed by atoms with van der Waals surface area (Å²) in [5.41, 5.74) is 4.03. The molecule has 0 aliphatic carbocycles. The molecule has 6 heteroatoms. The zero-order valence-corrected chi connectivity index (χ0v) is 17.5. The summed E-state index contributed by atoms with van der Waals surface area (Å²) in [5, 5.41) is 4.63. The smallest absolute Gasteiger partial charge is 0.220 e. The number of rotatable bonds is 7. The number of carbonyl (C=O) groups is 1. The quantitative estimate of drug-likeness (QED) is 0.537. The Labute approximate surface area is 165 Å². The highest BCUT2D eigenvalue weighted by molar-refractivity contribution is 7.98. The molecule has 0 unspecified atom stereocenters. The van der Waals surface area contributed by atoms with E-state index >= 15 is 0 Å². The van der Waals surface area contributed by atoms with E-state index in [9.17, 15) is 4.79 Å². The molecule has 0 bridgehead atoms. The molecule has 1 N–H and O–H groups in total. The fourth-order valence-electron chi connectivity index (χ4n) is 2.95. The van der Waals surface area contributed by atoms with E-state index in [0.29, 0.717) is 17.9 Å². The summed E-state index contributed by atoms with van der Waals surface area (Å²) in [7, 11) is 0. The van der Waals surface area contributed by atoms with Crippen LogP contribution in [0.5, 0.6) is 0 Å². The largest absolute Gasteiger partial charge is 0.349 e. The molecular weight excluding hydrogens is 366 g/mol. The van der Waals surface area contributed by atoms with Crippen molar-refractivity contribution in [1.82, 2.24) is 15.3 Å². The van der Waals surface area contributed by atoms with Crippen LogP contribution in [0, 0.1) is 19.8 Å². The van der Waals surface area contributed by atoms with Crippen LogP contribution in [0.15, 0.2) is 29.4 Å². The highest BCUT2D eigenvalue weighted by Crippen LogP contribution is 2.24. The molecule has 0 spiro atoms. The maximum absolute atomic E-state index is 12.5. The van der Waals surface area contributed by atoms with Gasteiger partial charge in [-0.1, -0.05) is 49.3 Å². The second-order valence-corrected chi connectivity index (χ2v) is 7.91. The summed E-state index contributed by atoms with van der Waals surface area (Å²) in [4.78, 5) is 21.5. The van der Waals surface area contributed by atoms with Gasteiger partial charge in [0.05, 0.1) is 6.04 Å². The van der Waals surface area contributed by atoms with Gasteiger partial charge in [-0.05, 0) is 55.7 Å². The molecule has 0 fully saturated rings. The van der Waals surface area contributed by atoms with Crippen molar-refractivity contribution in [2.24, 2.45) is 5.92 Å². The predicted molar refractivity (Wildman–Crippen MR) is 109 cm³/mol. The van der Waals surface area contributed by atoms with Gasteiger partial charge in [0.25, 0.3) is 0 Å². The summed E-state index contributed by atoms with van der Waals surface area (Å²) in [5.74, 6) is 0.319. The van der Waals surface area contributed by atoms with E-state index in [1.165, 1.54) is 11.8 Å². The zero-order chi connectivity index (χ0) is 19.3. The first-order chi connectivity index (χ1) is 12.3. The highest BCUT2D eigenvalue weighted by Gasteiger charge is 2.19. The van der Waals surface area contributed by atoms with Gasteiger partial charge in [0, 0.05) is 22.8 Å². The zero-order valence-electron chi connectivity index (χ0n) is 16.0. The number of nitrogens with one attached hydrogen (secondary N) is 1. The van der Waals surface area contributed by atoms with E-state index in [-0.39, 0.29) is 17.9 Å². The normalized spacial score (nSPS) is 12.3. The van der Waals surface area contributed by atoms with Crippen LogP contribution in [0.4, 0.5) is 0 Å². The number of hydrogen-bond donors (Lipinski definition) is 1. The van der Waals surface area contributed by atoms with E-state index in [2.05, 4.69) is 29.1 Å². The molecule has 26 heavy (non-hydrogen) atoms. The van der Waals surface area contributed by atoms with Gasteiger partial charge in [-0.2, -0.15) is 0 Å². The SMILES string of the molecule is CSc1nc(C)c(CCC(=O)N[C@@H](c2ccc(Cl)cc2)C(C)C)c(C)n1. The van der Waals surface area contributed by atoms with Crippen LogP contribution in [0.25, 0.3) is 0 Å². The molecule has 4 nitrogen and oxygen atoms in total. The number of benzene rings is 1. The maximum Gasteiger partial charge on any atom is 0.220 e. The Kier molecular flexibility index (Phi) is 7.47. The van der Waals surface area contributed by atoms with Crippen LogP contribution < -0.4 is 5.32 Å². The summed E-state index contributed by atoms with van der Waals surface area (Å²) >= 11 is 7.50. The van der Waals surface area contributed by atoms with Gasteiger partial charge in [0.15, 0.2) is 5.16 Å². The third kappa shape index (κ3) is 5.45. The van der Waals surface area contributed by atoms with Crippen molar-refractivity contribution in [3.63, 3.8) is 0 Å². The van der Waals surface area contributed by atoms with Gasteiger partial charge in [0.1, 0.15) is 0 Å². The summed E-state index contributed by atoms with van der Waals surface area (Å²) in [6.45, 7) is 8.16. The molecule has 1 aromatic heterocycles. The molecule has 0 aliphatic heterocycles. The van der Waals surface area contributed by atoms with Crippen LogP contribution in [0.2, 0.25) is 5.02 Å². The number of amides is 1. The standard InChI is InChI=1S/C20H26ClN3OS/c1-12(2)19(15-6-8-16(21)9-7-15)24-18(25)11-10-17-13(3)22-20(26-5)23-14(17)4/h6-9,12,19H,10-11H2,1-5H3,(H,24,25)/t19-/m1/s1. The Morgan fingerprint density at radius 2 is 1.73 bits per heavy atom. The Morgan fingerprint density at radius 1 is 1.15 bits per heavy atom. The lowest BCUT2D eigenvalue weighted by Gasteiger charge is -2.23.